The first-order valence-corrected chi connectivity index (χ1v) is 4.64. The Kier molecular flexibility index (Phi) is 2.69. The summed E-state index contributed by atoms with van der Waals surface area (Å²) in [6.07, 6.45) is 0. The molecule has 1 amide bonds. The fourth-order valence-electron chi connectivity index (χ4n) is 1.02. The molecular weight excluding hydrogens is 232 g/mol. The third-order valence-corrected chi connectivity index (χ3v) is 1.92. The third-order valence-electron chi connectivity index (χ3n) is 1.72. The molecule has 2 heterocycles. The average molecular weight is 239 g/mol. The molecule has 82 valence electrons. The molecule has 7 nitrogen and oxygen atoms in total. The number of aromatic nitrogens is 4. The van der Waals surface area contributed by atoms with Gasteiger partial charge in [0.05, 0.1) is 0 Å². The number of halogens is 1. The predicted octanol–water partition coefficient (Wildman–Crippen LogP) is 0.688. The minimum Gasteiger partial charge on any atom is -0.382 e. The molecule has 0 unspecified atom stereocenters. The lowest BCUT2D eigenvalue weighted by Crippen LogP contribution is -2.13. The maximum Gasteiger partial charge on any atom is 0.274 e. The van der Waals surface area contributed by atoms with E-state index in [0.29, 0.717) is 5.82 Å². The monoisotopic (exact) mass is 238 g/mol. The summed E-state index contributed by atoms with van der Waals surface area (Å²) in [5.41, 5.74) is 5.61. The smallest absolute Gasteiger partial charge is 0.274 e. The molecule has 2 aromatic heterocycles. The van der Waals surface area contributed by atoms with Crippen LogP contribution in [0.2, 0.25) is 5.15 Å². The van der Waals surface area contributed by atoms with Gasteiger partial charge < -0.3 is 11.1 Å². The van der Waals surface area contributed by atoms with E-state index < -0.39 is 5.91 Å². The van der Waals surface area contributed by atoms with Gasteiger partial charge in [0.1, 0.15) is 11.5 Å². The van der Waals surface area contributed by atoms with Gasteiger partial charge in [0.15, 0.2) is 11.0 Å². The van der Waals surface area contributed by atoms with E-state index in [1.165, 1.54) is 18.2 Å². The highest BCUT2D eigenvalue weighted by Crippen LogP contribution is 2.08. The number of nitrogens with one attached hydrogen (secondary N) is 2. The molecule has 0 atom stereocenters. The zero-order valence-corrected chi connectivity index (χ0v) is 8.69. The van der Waals surface area contributed by atoms with Crippen molar-refractivity contribution in [2.75, 3.05) is 11.1 Å². The first-order valence-electron chi connectivity index (χ1n) is 4.26. The Morgan fingerprint density at radius 2 is 2.25 bits per heavy atom. The number of amides is 1. The van der Waals surface area contributed by atoms with Crippen molar-refractivity contribution >= 4 is 29.1 Å². The molecule has 0 radical (unpaired) electrons. The zero-order valence-electron chi connectivity index (χ0n) is 7.94. The van der Waals surface area contributed by atoms with Crippen LogP contribution in [0.25, 0.3) is 0 Å². The minimum atomic E-state index is -0.402. The molecule has 2 rings (SSSR count). The largest absolute Gasteiger partial charge is 0.382 e. The van der Waals surface area contributed by atoms with Crippen LogP contribution in [0.1, 0.15) is 10.5 Å². The summed E-state index contributed by atoms with van der Waals surface area (Å²) >= 11 is 5.55. The van der Waals surface area contributed by atoms with Crippen molar-refractivity contribution in [2.24, 2.45) is 0 Å². The van der Waals surface area contributed by atoms with Gasteiger partial charge in [-0.25, -0.2) is 0 Å². The van der Waals surface area contributed by atoms with Crippen LogP contribution < -0.4 is 11.1 Å². The van der Waals surface area contributed by atoms with Crippen LogP contribution in [0.3, 0.4) is 0 Å². The summed E-state index contributed by atoms with van der Waals surface area (Å²) in [6.45, 7) is 0. The Morgan fingerprint density at radius 1 is 1.44 bits per heavy atom. The second-order valence-corrected chi connectivity index (χ2v) is 3.29. The molecule has 0 bridgehead atoms. The topological polar surface area (TPSA) is 110 Å². The summed E-state index contributed by atoms with van der Waals surface area (Å²) in [6, 6.07) is 4.47. The summed E-state index contributed by atoms with van der Waals surface area (Å²) in [7, 11) is 0. The van der Waals surface area contributed by atoms with Crippen LogP contribution in [-0.4, -0.2) is 26.3 Å². The number of nitrogen functional groups attached to an aromatic ring is 1. The van der Waals surface area contributed by atoms with Crippen LogP contribution in [0.5, 0.6) is 0 Å². The normalized spacial score (nSPS) is 10.1. The Bertz CT molecular complexity index is 508. The average Bonchev–Trinajstić information content (AvgIpc) is 2.68. The van der Waals surface area contributed by atoms with Gasteiger partial charge in [-0.3, -0.25) is 9.89 Å². The van der Waals surface area contributed by atoms with Gasteiger partial charge >= 0.3 is 0 Å². The summed E-state index contributed by atoms with van der Waals surface area (Å²) in [5.74, 6) is 0.135. The maximum atomic E-state index is 11.6. The van der Waals surface area contributed by atoms with E-state index in [4.69, 9.17) is 17.3 Å². The lowest BCUT2D eigenvalue weighted by molar-refractivity contribution is 0.102. The maximum absolute atomic E-state index is 11.6. The van der Waals surface area contributed by atoms with Gasteiger partial charge in [-0.1, -0.05) is 11.6 Å². The number of aromatic amines is 1. The first-order chi connectivity index (χ1) is 7.65. The molecule has 0 aromatic carbocycles. The van der Waals surface area contributed by atoms with E-state index in [1.807, 2.05) is 0 Å². The van der Waals surface area contributed by atoms with E-state index >= 15 is 0 Å². The van der Waals surface area contributed by atoms with Crippen LogP contribution in [0.15, 0.2) is 18.2 Å². The highest BCUT2D eigenvalue weighted by molar-refractivity contribution is 6.29. The molecule has 0 saturated carbocycles. The van der Waals surface area contributed by atoms with E-state index in [9.17, 15) is 4.79 Å². The Balaban J connectivity index is 2.10. The summed E-state index contributed by atoms with van der Waals surface area (Å²) in [4.78, 5) is 11.6. The standard InChI is InChI=1S/C8H7ClN6O/c9-5-1-2-7(15-13-5)11-8(16)4-3-6(10)14-12-4/h1-3H,(H3,10,12,14)(H,11,15,16). The lowest BCUT2D eigenvalue weighted by atomic mass is 10.4. The van der Waals surface area contributed by atoms with Gasteiger partial charge in [0, 0.05) is 6.07 Å². The quantitative estimate of drug-likeness (QED) is 0.713. The van der Waals surface area contributed by atoms with Crippen LogP contribution in [0.4, 0.5) is 11.6 Å². The molecule has 8 heteroatoms. The molecule has 0 spiro atoms. The van der Waals surface area contributed by atoms with E-state index in [-0.39, 0.29) is 16.7 Å². The minimum absolute atomic E-state index is 0.243. The Hall–Kier alpha value is -2.15. The molecule has 0 saturated heterocycles. The van der Waals surface area contributed by atoms with Gasteiger partial charge in [-0.15, -0.1) is 10.2 Å². The van der Waals surface area contributed by atoms with Crippen molar-refractivity contribution < 1.29 is 4.79 Å². The Morgan fingerprint density at radius 3 is 2.81 bits per heavy atom. The van der Waals surface area contributed by atoms with E-state index in [2.05, 4.69) is 25.7 Å². The number of nitrogens with zero attached hydrogens (tertiary/aromatic N) is 3. The number of H-pyrrole nitrogens is 1. The van der Waals surface area contributed by atoms with E-state index in [1.54, 1.807) is 0 Å². The molecule has 0 aliphatic heterocycles. The fraction of sp³-hybridized carbons (Fsp3) is 0. The molecule has 0 aliphatic carbocycles. The highest BCUT2D eigenvalue weighted by Gasteiger charge is 2.09. The molecular formula is C8H7ClN6O. The molecule has 4 N–H and O–H groups in total. The first kappa shape index (κ1) is 10.4. The Labute approximate surface area is 95.0 Å². The molecule has 0 fully saturated rings. The van der Waals surface area contributed by atoms with Gasteiger partial charge in [0.25, 0.3) is 5.91 Å². The lowest BCUT2D eigenvalue weighted by Gasteiger charge is -2.00. The number of hydrogen-bond acceptors (Lipinski definition) is 5. The van der Waals surface area contributed by atoms with Crippen molar-refractivity contribution in [1.82, 2.24) is 20.4 Å². The van der Waals surface area contributed by atoms with Crippen LogP contribution in [0, 0.1) is 0 Å². The fourth-order valence-corrected chi connectivity index (χ4v) is 1.12. The summed E-state index contributed by atoms with van der Waals surface area (Å²) in [5, 5.41) is 16.1. The zero-order chi connectivity index (χ0) is 11.5. The van der Waals surface area contributed by atoms with Crippen molar-refractivity contribution in [2.45, 2.75) is 0 Å². The van der Waals surface area contributed by atoms with E-state index in [0.717, 1.165) is 0 Å². The van der Waals surface area contributed by atoms with Crippen LogP contribution >= 0.6 is 11.6 Å². The van der Waals surface area contributed by atoms with Crippen molar-refractivity contribution in [3.63, 3.8) is 0 Å². The molecule has 16 heavy (non-hydrogen) atoms. The molecule has 2 aromatic rings. The molecule has 0 aliphatic rings. The predicted molar refractivity (Wildman–Crippen MR) is 58.0 cm³/mol. The summed E-state index contributed by atoms with van der Waals surface area (Å²) < 4.78 is 0. The van der Waals surface area contributed by atoms with Crippen LogP contribution in [-0.2, 0) is 0 Å². The van der Waals surface area contributed by atoms with Crippen molar-refractivity contribution in [3.05, 3.63) is 29.0 Å². The number of rotatable bonds is 2. The second kappa shape index (κ2) is 4.15. The SMILES string of the molecule is Nc1cc(C(=O)Nc2ccc(Cl)nn2)[nH]n1. The van der Waals surface area contributed by atoms with Crippen molar-refractivity contribution in [1.29, 1.82) is 0 Å². The number of nitrogens with two attached hydrogens (primary N) is 1. The van der Waals surface area contributed by atoms with Gasteiger partial charge in [0.2, 0.25) is 0 Å². The number of carbonyl (C=O) groups excluding carboxylic acids is 1. The van der Waals surface area contributed by atoms with Crippen molar-refractivity contribution in [3.8, 4) is 0 Å². The number of hydrogen-bond donors (Lipinski definition) is 3. The highest BCUT2D eigenvalue weighted by atomic mass is 35.5. The third kappa shape index (κ3) is 2.26. The van der Waals surface area contributed by atoms with Gasteiger partial charge in [-0.05, 0) is 12.1 Å². The van der Waals surface area contributed by atoms with Gasteiger partial charge in [-0.2, -0.15) is 5.10 Å². The number of anilines is 2. The second-order valence-electron chi connectivity index (χ2n) is 2.90. The number of carbonyl (C=O) groups is 1.